The van der Waals surface area contributed by atoms with Crippen molar-refractivity contribution >= 4 is 5.82 Å². The Bertz CT molecular complexity index is 330. The van der Waals surface area contributed by atoms with Gasteiger partial charge in [-0.15, -0.1) is 0 Å². The first-order valence-electron chi connectivity index (χ1n) is 5.99. The van der Waals surface area contributed by atoms with Gasteiger partial charge in [0.1, 0.15) is 12.1 Å². The molecule has 0 fully saturated rings. The summed E-state index contributed by atoms with van der Waals surface area (Å²) in [4.78, 5) is 8.21. The summed E-state index contributed by atoms with van der Waals surface area (Å²) in [5, 5.41) is 6.42. The van der Waals surface area contributed by atoms with Crippen molar-refractivity contribution in [2.75, 3.05) is 25.5 Å². The van der Waals surface area contributed by atoms with Crippen LogP contribution in [0, 0.1) is 5.92 Å². The first-order chi connectivity index (χ1) is 8.11. The van der Waals surface area contributed by atoms with E-state index in [2.05, 4.69) is 27.5 Å². The zero-order valence-corrected chi connectivity index (χ0v) is 11.0. The van der Waals surface area contributed by atoms with Crippen molar-refractivity contribution in [3.63, 3.8) is 0 Å². The molecule has 5 nitrogen and oxygen atoms in total. The van der Waals surface area contributed by atoms with Gasteiger partial charge in [-0.1, -0.05) is 6.92 Å². The van der Waals surface area contributed by atoms with E-state index < -0.39 is 0 Å². The van der Waals surface area contributed by atoms with Crippen LogP contribution in [0.15, 0.2) is 12.4 Å². The molecule has 17 heavy (non-hydrogen) atoms. The summed E-state index contributed by atoms with van der Waals surface area (Å²) in [6.45, 7) is 7.98. The molecule has 0 amide bonds. The summed E-state index contributed by atoms with van der Waals surface area (Å²) in [5.74, 6) is 1.96. The second kappa shape index (κ2) is 7.06. The second-order valence-electron chi connectivity index (χ2n) is 4.45. The molecule has 96 valence electrons. The number of anilines is 1. The summed E-state index contributed by atoms with van der Waals surface area (Å²) in [6, 6.07) is 1.83. The molecular formula is C12H22N4O. The monoisotopic (exact) mass is 238 g/mol. The molecule has 0 aliphatic heterocycles. The first kappa shape index (κ1) is 13.7. The number of ether oxygens (including phenoxy) is 1. The van der Waals surface area contributed by atoms with Crippen LogP contribution in [0.25, 0.3) is 0 Å². The van der Waals surface area contributed by atoms with Crippen molar-refractivity contribution in [2.45, 2.75) is 26.9 Å². The van der Waals surface area contributed by atoms with Gasteiger partial charge in [-0.3, -0.25) is 0 Å². The molecule has 0 bridgehead atoms. The van der Waals surface area contributed by atoms with Gasteiger partial charge in [-0.05, 0) is 33.4 Å². The summed E-state index contributed by atoms with van der Waals surface area (Å²) < 4.78 is 5.51. The van der Waals surface area contributed by atoms with Crippen LogP contribution >= 0.6 is 0 Å². The van der Waals surface area contributed by atoms with Crippen LogP contribution in [-0.2, 0) is 0 Å². The third-order valence-corrected chi connectivity index (χ3v) is 2.18. The highest BCUT2D eigenvalue weighted by atomic mass is 16.5. The minimum atomic E-state index is 0.126. The van der Waals surface area contributed by atoms with E-state index in [-0.39, 0.29) is 6.10 Å². The average Bonchev–Trinajstić information content (AvgIpc) is 2.26. The molecule has 1 aromatic heterocycles. The molecule has 1 unspecified atom stereocenters. The highest BCUT2D eigenvalue weighted by Gasteiger charge is 2.04. The predicted octanol–water partition coefficient (Wildman–Crippen LogP) is 1.53. The highest BCUT2D eigenvalue weighted by Crippen LogP contribution is 2.12. The Morgan fingerprint density at radius 1 is 1.24 bits per heavy atom. The molecule has 1 rings (SSSR count). The molecule has 0 saturated heterocycles. The first-order valence-corrected chi connectivity index (χ1v) is 5.99. The lowest BCUT2D eigenvalue weighted by Gasteiger charge is -2.13. The third-order valence-electron chi connectivity index (χ3n) is 2.18. The van der Waals surface area contributed by atoms with E-state index in [1.165, 1.54) is 6.33 Å². The van der Waals surface area contributed by atoms with E-state index >= 15 is 0 Å². The van der Waals surface area contributed by atoms with Gasteiger partial charge in [0.05, 0.1) is 6.10 Å². The molecule has 5 heteroatoms. The van der Waals surface area contributed by atoms with Crippen molar-refractivity contribution in [3.05, 3.63) is 12.4 Å². The van der Waals surface area contributed by atoms with Gasteiger partial charge in [0, 0.05) is 12.6 Å². The van der Waals surface area contributed by atoms with Gasteiger partial charge in [-0.2, -0.15) is 0 Å². The molecule has 0 radical (unpaired) electrons. The van der Waals surface area contributed by atoms with Gasteiger partial charge in [0.15, 0.2) is 0 Å². The number of nitrogens with one attached hydrogen (secondary N) is 2. The predicted molar refractivity (Wildman–Crippen MR) is 69.4 cm³/mol. The largest absolute Gasteiger partial charge is 0.475 e. The maximum atomic E-state index is 5.51. The van der Waals surface area contributed by atoms with Crippen LogP contribution in [-0.4, -0.2) is 36.2 Å². The number of nitrogens with zero attached hydrogens (tertiary/aromatic N) is 2. The molecular weight excluding hydrogens is 216 g/mol. The fraction of sp³-hybridized carbons (Fsp3) is 0.667. The van der Waals surface area contributed by atoms with Gasteiger partial charge < -0.3 is 15.4 Å². The van der Waals surface area contributed by atoms with E-state index in [9.17, 15) is 0 Å². The molecule has 0 spiro atoms. The quantitative estimate of drug-likeness (QED) is 0.754. The standard InChI is InChI=1S/C12H22N4O/c1-9(2)17-12-5-11(15-8-16-12)14-7-10(3)6-13-4/h5,8-10,13H,6-7H2,1-4H3,(H,14,15,16). The molecule has 2 N–H and O–H groups in total. The summed E-state index contributed by atoms with van der Waals surface area (Å²) in [5.41, 5.74) is 0. The maximum Gasteiger partial charge on any atom is 0.218 e. The minimum Gasteiger partial charge on any atom is -0.475 e. The number of hydrogen-bond donors (Lipinski definition) is 2. The molecule has 0 aromatic carbocycles. The fourth-order valence-electron chi connectivity index (χ4n) is 1.44. The normalized spacial score (nSPS) is 12.5. The Morgan fingerprint density at radius 2 is 2.00 bits per heavy atom. The molecule has 0 aliphatic carbocycles. The zero-order valence-electron chi connectivity index (χ0n) is 11.0. The Hall–Kier alpha value is -1.36. The van der Waals surface area contributed by atoms with Crippen molar-refractivity contribution in [1.29, 1.82) is 0 Å². The van der Waals surface area contributed by atoms with Gasteiger partial charge >= 0.3 is 0 Å². The lowest BCUT2D eigenvalue weighted by molar-refractivity contribution is 0.232. The van der Waals surface area contributed by atoms with Gasteiger partial charge in [-0.25, -0.2) is 9.97 Å². The SMILES string of the molecule is CNCC(C)CNc1cc(OC(C)C)ncn1. The average molecular weight is 238 g/mol. The highest BCUT2D eigenvalue weighted by molar-refractivity contribution is 5.37. The molecule has 1 atom stereocenters. The zero-order chi connectivity index (χ0) is 12.7. The molecule has 0 aliphatic rings. The molecule has 1 heterocycles. The van der Waals surface area contributed by atoms with E-state index in [1.54, 1.807) is 0 Å². The van der Waals surface area contributed by atoms with Gasteiger partial charge in [0.2, 0.25) is 5.88 Å². The Kier molecular flexibility index (Phi) is 5.69. The lowest BCUT2D eigenvalue weighted by Crippen LogP contribution is -2.23. The summed E-state index contributed by atoms with van der Waals surface area (Å²) in [7, 11) is 1.95. The summed E-state index contributed by atoms with van der Waals surface area (Å²) >= 11 is 0. The van der Waals surface area contributed by atoms with Crippen molar-refractivity contribution in [3.8, 4) is 5.88 Å². The van der Waals surface area contributed by atoms with E-state index in [0.717, 1.165) is 18.9 Å². The Labute approximate surface area is 103 Å². The Morgan fingerprint density at radius 3 is 2.65 bits per heavy atom. The van der Waals surface area contributed by atoms with Crippen LogP contribution in [0.4, 0.5) is 5.82 Å². The van der Waals surface area contributed by atoms with Crippen molar-refractivity contribution in [2.24, 2.45) is 5.92 Å². The Balaban J connectivity index is 2.48. The van der Waals surface area contributed by atoms with Crippen LogP contribution in [0.5, 0.6) is 5.88 Å². The van der Waals surface area contributed by atoms with Crippen LogP contribution < -0.4 is 15.4 Å². The number of rotatable bonds is 7. The second-order valence-corrected chi connectivity index (χ2v) is 4.45. The maximum absolute atomic E-state index is 5.51. The topological polar surface area (TPSA) is 59.1 Å². The van der Waals surface area contributed by atoms with E-state index in [0.29, 0.717) is 11.8 Å². The van der Waals surface area contributed by atoms with Crippen LogP contribution in [0.2, 0.25) is 0 Å². The third kappa shape index (κ3) is 5.49. The number of aromatic nitrogens is 2. The minimum absolute atomic E-state index is 0.126. The summed E-state index contributed by atoms with van der Waals surface area (Å²) in [6.07, 6.45) is 1.64. The number of hydrogen-bond acceptors (Lipinski definition) is 5. The molecule has 0 saturated carbocycles. The van der Waals surface area contributed by atoms with E-state index in [4.69, 9.17) is 4.74 Å². The molecule has 1 aromatic rings. The van der Waals surface area contributed by atoms with Crippen molar-refractivity contribution < 1.29 is 4.74 Å². The fourth-order valence-corrected chi connectivity index (χ4v) is 1.44. The van der Waals surface area contributed by atoms with Crippen molar-refractivity contribution in [1.82, 2.24) is 15.3 Å². The van der Waals surface area contributed by atoms with Crippen LogP contribution in [0.1, 0.15) is 20.8 Å². The van der Waals surface area contributed by atoms with Crippen LogP contribution in [0.3, 0.4) is 0 Å². The lowest BCUT2D eigenvalue weighted by atomic mass is 10.2. The van der Waals surface area contributed by atoms with E-state index in [1.807, 2.05) is 27.0 Å². The smallest absolute Gasteiger partial charge is 0.218 e. The van der Waals surface area contributed by atoms with Gasteiger partial charge in [0.25, 0.3) is 0 Å².